The van der Waals surface area contributed by atoms with Crippen LogP contribution < -0.4 is 4.90 Å². The lowest BCUT2D eigenvalue weighted by Crippen LogP contribution is -2.47. The normalized spacial score (nSPS) is 22.1. The van der Waals surface area contributed by atoms with Gasteiger partial charge in [-0.25, -0.2) is 0 Å². The first-order valence-electron chi connectivity index (χ1n) is 9.52. The fourth-order valence-corrected chi connectivity index (χ4v) is 4.22. The number of carboxylic acid groups (broad SMARTS) is 1. The molecule has 6 nitrogen and oxygen atoms in total. The van der Waals surface area contributed by atoms with Gasteiger partial charge in [-0.3, -0.25) is 19.4 Å². The zero-order valence-corrected chi connectivity index (χ0v) is 15.7. The number of carbonyl (C=O) groups excluding carboxylic acids is 1. The summed E-state index contributed by atoms with van der Waals surface area (Å²) in [6.07, 6.45) is 3.80. The molecule has 2 atom stereocenters. The van der Waals surface area contributed by atoms with Gasteiger partial charge in [0.25, 0.3) is 0 Å². The molecule has 26 heavy (non-hydrogen) atoms. The van der Waals surface area contributed by atoms with Crippen LogP contribution in [0.2, 0.25) is 0 Å². The molecule has 3 rings (SSSR count). The SMILES string of the molecule is CC(C(=O)N1CCc2ccccc21)N1CCCC(N(C)CC(=O)O)CC1. The molecule has 142 valence electrons. The van der Waals surface area contributed by atoms with E-state index >= 15 is 0 Å². The first-order chi connectivity index (χ1) is 12.5. The highest BCUT2D eigenvalue weighted by molar-refractivity contribution is 5.98. The number of anilines is 1. The number of carbonyl (C=O) groups is 2. The van der Waals surface area contributed by atoms with E-state index in [1.54, 1.807) is 0 Å². The molecule has 0 spiro atoms. The minimum atomic E-state index is -0.787. The number of hydrogen-bond donors (Lipinski definition) is 1. The number of hydrogen-bond acceptors (Lipinski definition) is 4. The molecule has 2 aliphatic rings. The number of benzene rings is 1. The Bertz CT molecular complexity index is 663. The Labute approximate surface area is 155 Å². The molecule has 2 aliphatic heterocycles. The van der Waals surface area contributed by atoms with Crippen LogP contribution >= 0.6 is 0 Å². The van der Waals surface area contributed by atoms with E-state index in [2.05, 4.69) is 11.0 Å². The van der Waals surface area contributed by atoms with Crippen LogP contribution in [0.25, 0.3) is 0 Å². The number of carboxylic acids is 1. The molecule has 1 aromatic carbocycles. The fourth-order valence-electron chi connectivity index (χ4n) is 4.22. The molecule has 6 heteroatoms. The topological polar surface area (TPSA) is 64.1 Å². The Kier molecular flexibility index (Phi) is 5.94. The van der Waals surface area contributed by atoms with Crippen LogP contribution in [0.5, 0.6) is 0 Å². The maximum atomic E-state index is 13.1. The fraction of sp³-hybridized carbons (Fsp3) is 0.600. The molecule has 0 aromatic heterocycles. The number of amides is 1. The molecule has 0 radical (unpaired) electrons. The van der Waals surface area contributed by atoms with Crippen LogP contribution in [0.4, 0.5) is 5.69 Å². The van der Waals surface area contributed by atoms with E-state index in [0.717, 1.165) is 51.0 Å². The summed E-state index contributed by atoms with van der Waals surface area (Å²) in [6, 6.07) is 8.27. The third-order valence-electron chi connectivity index (χ3n) is 5.80. The first kappa shape index (κ1) is 18.9. The molecule has 0 aliphatic carbocycles. The summed E-state index contributed by atoms with van der Waals surface area (Å²) in [4.78, 5) is 30.1. The zero-order chi connectivity index (χ0) is 18.7. The zero-order valence-electron chi connectivity index (χ0n) is 15.7. The molecule has 1 N–H and O–H groups in total. The van der Waals surface area contributed by atoms with Crippen molar-refractivity contribution in [3.63, 3.8) is 0 Å². The molecule has 0 saturated carbocycles. The van der Waals surface area contributed by atoms with Crippen molar-refractivity contribution in [1.82, 2.24) is 9.80 Å². The molecular weight excluding hydrogens is 330 g/mol. The molecule has 1 fully saturated rings. The Morgan fingerprint density at radius 1 is 1.23 bits per heavy atom. The third-order valence-corrected chi connectivity index (χ3v) is 5.80. The Morgan fingerprint density at radius 3 is 2.77 bits per heavy atom. The third kappa shape index (κ3) is 4.07. The van der Waals surface area contributed by atoms with Gasteiger partial charge >= 0.3 is 5.97 Å². The van der Waals surface area contributed by atoms with Gasteiger partial charge in [0, 0.05) is 24.8 Å². The van der Waals surface area contributed by atoms with Crippen molar-refractivity contribution in [2.24, 2.45) is 0 Å². The molecule has 2 unspecified atom stereocenters. The second-order valence-corrected chi connectivity index (χ2v) is 7.47. The summed E-state index contributed by atoms with van der Waals surface area (Å²) < 4.78 is 0. The molecule has 1 aromatic rings. The lowest BCUT2D eigenvalue weighted by atomic mass is 10.1. The van der Waals surface area contributed by atoms with Crippen LogP contribution in [0.3, 0.4) is 0 Å². The van der Waals surface area contributed by atoms with Gasteiger partial charge in [-0.15, -0.1) is 0 Å². The average molecular weight is 359 g/mol. The Balaban J connectivity index is 1.61. The lowest BCUT2D eigenvalue weighted by Gasteiger charge is -2.31. The summed E-state index contributed by atoms with van der Waals surface area (Å²) in [7, 11) is 1.88. The molecule has 2 heterocycles. The van der Waals surface area contributed by atoms with Crippen molar-refractivity contribution in [2.45, 2.75) is 44.7 Å². The van der Waals surface area contributed by atoms with Gasteiger partial charge in [0.05, 0.1) is 12.6 Å². The average Bonchev–Trinajstić information content (AvgIpc) is 2.88. The Morgan fingerprint density at radius 2 is 2.00 bits per heavy atom. The van der Waals surface area contributed by atoms with Crippen molar-refractivity contribution in [3.05, 3.63) is 29.8 Å². The lowest BCUT2D eigenvalue weighted by molar-refractivity contribution is -0.138. The van der Waals surface area contributed by atoms with Crippen LogP contribution in [0.1, 0.15) is 31.7 Å². The minimum Gasteiger partial charge on any atom is -0.480 e. The van der Waals surface area contributed by atoms with Gasteiger partial charge < -0.3 is 10.0 Å². The highest BCUT2D eigenvalue weighted by Crippen LogP contribution is 2.29. The summed E-state index contributed by atoms with van der Waals surface area (Å²) in [5, 5.41) is 9.00. The largest absolute Gasteiger partial charge is 0.480 e. The number of fused-ring (bicyclic) bond motifs is 1. The number of para-hydroxylation sites is 1. The predicted molar refractivity (Wildman–Crippen MR) is 101 cm³/mol. The first-order valence-corrected chi connectivity index (χ1v) is 9.52. The van der Waals surface area contributed by atoms with Gasteiger partial charge in [0.2, 0.25) is 5.91 Å². The Hall–Kier alpha value is -1.92. The van der Waals surface area contributed by atoms with Crippen molar-refractivity contribution in [1.29, 1.82) is 0 Å². The second kappa shape index (κ2) is 8.18. The van der Waals surface area contributed by atoms with Crippen LogP contribution in [-0.2, 0) is 16.0 Å². The molecular formula is C20H29N3O3. The van der Waals surface area contributed by atoms with Crippen molar-refractivity contribution in [2.75, 3.05) is 38.1 Å². The molecule has 0 bridgehead atoms. The highest BCUT2D eigenvalue weighted by Gasteiger charge is 2.32. The summed E-state index contributed by atoms with van der Waals surface area (Å²) in [6.45, 7) is 4.56. The maximum absolute atomic E-state index is 13.1. The second-order valence-electron chi connectivity index (χ2n) is 7.47. The van der Waals surface area contributed by atoms with E-state index in [-0.39, 0.29) is 24.5 Å². The maximum Gasteiger partial charge on any atom is 0.317 e. The van der Waals surface area contributed by atoms with Crippen LogP contribution in [0, 0.1) is 0 Å². The van der Waals surface area contributed by atoms with Crippen molar-refractivity contribution < 1.29 is 14.7 Å². The highest BCUT2D eigenvalue weighted by atomic mass is 16.4. The van der Waals surface area contributed by atoms with E-state index in [0.29, 0.717) is 0 Å². The quantitative estimate of drug-likeness (QED) is 0.869. The minimum absolute atomic E-state index is 0.0731. The van der Waals surface area contributed by atoms with Crippen LogP contribution in [-0.4, -0.2) is 72.1 Å². The van der Waals surface area contributed by atoms with Crippen LogP contribution in [0.15, 0.2) is 24.3 Å². The summed E-state index contributed by atoms with van der Waals surface area (Å²) >= 11 is 0. The van der Waals surface area contributed by atoms with E-state index in [9.17, 15) is 9.59 Å². The van der Waals surface area contributed by atoms with E-state index in [4.69, 9.17) is 5.11 Å². The van der Waals surface area contributed by atoms with Gasteiger partial charge in [-0.1, -0.05) is 18.2 Å². The van der Waals surface area contributed by atoms with E-state index in [1.807, 2.05) is 42.0 Å². The van der Waals surface area contributed by atoms with Gasteiger partial charge in [0.15, 0.2) is 0 Å². The number of aliphatic carboxylic acids is 1. The van der Waals surface area contributed by atoms with Crippen molar-refractivity contribution in [3.8, 4) is 0 Å². The number of likely N-dealkylation sites (tertiary alicyclic amines) is 1. The van der Waals surface area contributed by atoms with Crippen molar-refractivity contribution >= 4 is 17.6 Å². The van der Waals surface area contributed by atoms with Gasteiger partial charge in [-0.2, -0.15) is 0 Å². The monoisotopic (exact) mass is 359 g/mol. The van der Waals surface area contributed by atoms with E-state index in [1.165, 1.54) is 5.56 Å². The van der Waals surface area contributed by atoms with Gasteiger partial charge in [0.1, 0.15) is 0 Å². The number of likely N-dealkylation sites (N-methyl/N-ethyl adjacent to an activating group) is 1. The summed E-state index contributed by atoms with van der Waals surface area (Å²) in [5.41, 5.74) is 2.30. The molecule has 1 saturated heterocycles. The predicted octanol–water partition coefficient (Wildman–Crippen LogP) is 1.84. The standard InChI is InChI=1S/C20H29N3O3/c1-15(20(26)23-13-9-16-6-3-4-8-18(16)23)22-11-5-7-17(10-12-22)21(2)14-19(24)25/h3-4,6,8,15,17H,5,7,9-14H2,1-2H3,(H,24,25). The molecule has 1 amide bonds. The van der Waals surface area contributed by atoms with E-state index < -0.39 is 5.97 Å². The number of nitrogens with zero attached hydrogens (tertiary/aromatic N) is 3. The number of rotatable bonds is 5. The summed E-state index contributed by atoms with van der Waals surface area (Å²) in [5.74, 6) is -0.614. The van der Waals surface area contributed by atoms with Gasteiger partial charge in [-0.05, 0) is 57.8 Å². The smallest absolute Gasteiger partial charge is 0.317 e.